The van der Waals surface area contributed by atoms with Crippen LogP contribution in [0, 0.1) is 0 Å². The van der Waals surface area contributed by atoms with E-state index in [0.29, 0.717) is 0 Å². The number of aliphatic carboxylic acids is 1. The Morgan fingerprint density at radius 2 is 1.55 bits per heavy atom. The van der Waals surface area contributed by atoms with Crippen LogP contribution in [0.15, 0.2) is 0 Å². The van der Waals surface area contributed by atoms with Gasteiger partial charge in [-0.3, -0.25) is 19.2 Å². The molecule has 13 nitrogen and oxygen atoms in total. The Balaban J connectivity index is 4.90. The summed E-state index contributed by atoms with van der Waals surface area (Å²) >= 11 is 0. The van der Waals surface area contributed by atoms with E-state index >= 15 is 0 Å². The van der Waals surface area contributed by atoms with Crippen LogP contribution in [0.4, 0.5) is 4.79 Å². The molecule has 0 heterocycles. The van der Waals surface area contributed by atoms with Gasteiger partial charge in [0.05, 0.1) is 0 Å². The molecule has 0 aromatic carbocycles. The SMILES string of the molecule is CC(=O)N[C@@H](CCC(=O)OC(C)(C)C)C(=O)N[C@@H](C)C(=O)N[C@@H](CCCNC(N)=O)C(=O)O. The summed E-state index contributed by atoms with van der Waals surface area (Å²) in [7, 11) is 0. The summed E-state index contributed by atoms with van der Waals surface area (Å²) in [6.07, 6.45) is 0.0680. The first kappa shape index (κ1) is 29.6. The van der Waals surface area contributed by atoms with Crippen molar-refractivity contribution in [3.63, 3.8) is 0 Å². The van der Waals surface area contributed by atoms with Gasteiger partial charge in [-0.05, 0) is 47.0 Å². The second-order valence-corrected chi connectivity index (χ2v) is 8.44. The fraction of sp³-hybridized carbons (Fsp3) is 0.700. The predicted molar refractivity (Wildman–Crippen MR) is 117 cm³/mol. The molecule has 3 atom stereocenters. The maximum Gasteiger partial charge on any atom is 0.326 e. The Morgan fingerprint density at radius 3 is 2.03 bits per heavy atom. The molecule has 0 aliphatic heterocycles. The molecule has 5 amide bonds. The van der Waals surface area contributed by atoms with E-state index in [9.17, 15) is 33.9 Å². The van der Waals surface area contributed by atoms with Crippen molar-refractivity contribution in [2.45, 2.75) is 84.0 Å². The minimum Gasteiger partial charge on any atom is -0.480 e. The van der Waals surface area contributed by atoms with E-state index in [2.05, 4.69) is 21.3 Å². The smallest absolute Gasteiger partial charge is 0.326 e. The number of hydrogen-bond acceptors (Lipinski definition) is 7. The molecule has 13 heteroatoms. The van der Waals surface area contributed by atoms with Crippen molar-refractivity contribution in [1.29, 1.82) is 0 Å². The van der Waals surface area contributed by atoms with Crippen LogP contribution in [0.1, 0.15) is 60.3 Å². The molecule has 33 heavy (non-hydrogen) atoms. The van der Waals surface area contributed by atoms with Crippen LogP contribution in [0.5, 0.6) is 0 Å². The summed E-state index contributed by atoms with van der Waals surface area (Å²) in [5.41, 5.74) is 4.22. The number of carboxylic acid groups (broad SMARTS) is 1. The Hall–Kier alpha value is -3.38. The van der Waals surface area contributed by atoms with E-state index < -0.39 is 59.4 Å². The third-order valence-corrected chi connectivity index (χ3v) is 4.09. The zero-order valence-corrected chi connectivity index (χ0v) is 19.6. The molecule has 188 valence electrons. The van der Waals surface area contributed by atoms with Gasteiger partial charge in [0.25, 0.3) is 0 Å². The molecule has 0 saturated carbocycles. The minimum atomic E-state index is -1.28. The lowest BCUT2D eigenvalue weighted by Gasteiger charge is -2.23. The van der Waals surface area contributed by atoms with Crippen LogP contribution in [0.2, 0.25) is 0 Å². The highest BCUT2D eigenvalue weighted by Gasteiger charge is 2.27. The number of amides is 5. The lowest BCUT2D eigenvalue weighted by atomic mass is 10.1. The first-order valence-corrected chi connectivity index (χ1v) is 10.5. The molecular formula is C20H35N5O8. The number of nitrogens with two attached hydrogens (primary N) is 1. The maximum absolute atomic E-state index is 12.6. The molecule has 0 aliphatic rings. The molecule has 0 aromatic heterocycles. The number of esters is 1. The molecule has 0 bridgehead atoms. The normalized spacial score (nSPS) is 13.6. The van der Waals surface area contributed by atoms with Crippen LogP contribution >= 0.6 is 0 Å². The molecule has 7 N–H and O–H groups in total. The van der Waals surface area contributed by atoms with Gasteiger partial charge < -0.3 is 36.8 Å². The Labute approximate surface area is 192 Å². The van der Waals surface area contributed by atoms with Crippen molar-refractivity contribution in [1.82, 2.24) is 21.3 Å². The van der Waals surface area contributed by atoms with Crippen LogP contribution < -0.4 is 27.0 Å². The maximum atomic E-state index is 12.6. The van der Waals surface area contributed by atoms with E-state index in [0.717, 1.165) is 0 Å². The van der Waals surface area contributed by atoms with Crippen molar-refractivity contribution in [2.75, 3.05) is 6.54 Å². The van der Waals surface area contributed by atoms with E-state index in [1.165, 1.54) is 13.8 Å². The summed E-state index contributed by atoms with van der Waals surface area (Å²) in [4.78, 5) is 70.3. The molecule has 0 spiro atoms. The van der Waals surface area contributed by atoms with Gasteiger partial charge in [0, 0.05) is 19.9 Å². The number of carboxylic acids is 1. The number of carbonyl (C=O) groups excluding carboxylic acids is 5. The standard InChI is InChI=1S/C20H35N5O8/c1-11(16(28)25-14(18(30)31)7-6-10-22-19(21)32)23-17(29)13(24-12(2)26)8-9-15(27)33-20(3,4)5/h11,13-14H,6-10H2,1-5H3,(H,23,29)(H,24,26)(H,25,28)(H,30,31)(H3,21,22,32)/t11-,13-,14-/m0/s1. The highest BCUT2D eigenvalue weighted by atomic mass is 16.6. The monoisotopic (exact) mass is 473 g/mol. The molecule has 0 unspecified atom stereocenters. The van der Waals surface area contributed by atoms with E-state index in [-0.39, 0.29) is 32.2 Å². The van der Waals surface area contributed by atoms with Crippen LogP contribution in [0.25, 0.3) is 0 Å². The number of rotatable bonds is 13. The third kappa shape index (κ3) is 14.3. The van der Waals surface area contributed by atoms with Gasteiger partial charge in [0.1, 0.15) is 23.7 Å². The van der Waals surface area contributed by atoms with Crippen molar-refractivity contribution in [2.24, 2.45) is 5.73 Å². The molecule has 0 rings (SSSR count). The lowest BCUT2D eigenvalue weighted by molar-refractivity contribution is -0.155. The molecule has 0 radical (unpaired) electrons. The zero-order valence-electron chi connectivity index (χ0n) is 19.6. The van der Waals surface area contributed by atoms with Crippen molar-refractivity contribution < 1.29 is 38.6 Å². The second-order valence-electron chi connectivity index (χ2n) is 8.44. The van der Waals surface area contributed by atoms with Crippen LogP contribution in [-0.4, -0.2) is 71.1 Å². The highest BCUT2D eigenvalue weighted by Crippen LogP contribution is 2.10. The minimum absolute atomic E-state index is 0.0203. The van der Waals surface area contributed by atoms with E-state index in [1.54, 1.807) is 20.8 Å². The molecular weight excluding hydrogens is 438 g/mol. The van der Waals surface area contributed by atoms with Gasteiger partial charge in [-0.1, -0.05) is 0 Å². The average molecular weight is 474 g/mol. The van der Waals surface area contributed by atoms with Crippen molar-refractivity contribution in [3.05, 3.63) is 0 Å². The second kappa shape index (κ2) is 13.9. The number of urea groups is 1. The number of carbonyl (C=O) groups is 6. The summed E-state index contributed by atoms with van der Waals surface area (Å²) in [6, 6.07) is -4.21. The Kier molecular flexibility index (Phi) is 12.5. The number of nitrogens with one attached hydrogen (secondary N) is 4. The number of hydrogen-bond donors (Lipinski definition) is 6. The first-order chi connectivity index (χ1) is 15.1. The topological polar surface area (TPSA) is 206 Å². The molecule has 0 aromatic rings. The molecule has 0 saturated heterocycles. The molecule has 0 aliphatic carbocycles. The lowest BCUT2D eigenvalue weighted by Crippen LogP contribution is -2.54. The quantitative estimate of drug-likeness (QED) is 0.146. The fourth-order valence-corrected chi connectivity index (χ4v) is 2.62. The van der Waals surface area contributed by atoms with Crippen molar-refractivity contribution in [3.8, 4) is 0 Å². The number of primary amides is 1. The fourth-order valence-electron chi connectivity index (χ4n) is 2.62. The average Bonchev–Trinajstić information content (AvgIpc) is 2.64. The molecule has 0 fully saturated rings. The summed E-state index contributed by atoms with van der Waals surface area (Å²) < 4.78 is 5.18. The largest absolute Gasteiger partial charge is 0.480 e. The van der Waals surface area contributed by atoms with E-state index in [1.807, 2.05) is 0 Å². The van der Waals surface area contributed by atoms with Crippen molar-refractivity contribution >= 4 is 35.7 Å². The van der Waals surface area contributed by atoms with Gasteiger partial charge >= 0.3 is 18.0 Å². The predicted octanol–water partition coefficient (Wildman–Crippen LogP) is -0.864. The van der Waals surface area contributed by atoms with Gasteiger partial charge in [0.2, 0.25) is 17.7 Å². The van der Waals surface area contributed by atoms with Gasteiger partial charge in [-0.2, -0.15) is 0 Å². The van der Waals surface area contributed by atoms with Gasteiger partial charge in [-0.25, -0.2) is 9.59 Å². The van der Waals surface area contributed by atoms with Gasteiger partial charge in [0.15, 0.2) is 0 Å². The summed E-state index contributed by atoms with van der Waals surface area (Å²) in [6.45, 7) is 7.77. The van der Waals surface area contributed by atoms with E-state index in [4.69, 9.17) is 10.5 Å². The van der Waals surface area contributed by atoms with Crippen LogP contribution in [-0.2, 0) is 28.7 Å². The van der Waals surface area contributed by atoms with Gasteiger partial charge in [-0.15, -0.1) is 0 Å². The first-order valence-electron chi connectivity index (χ1n) is 10.5. The number of ether oxygens (including phenoxy) is 1. The Morgan fingerprint density at radius 1 is 0.939 bits per heavy atom. The highest BCUT2D eigenvalue weighted by molar-refractivity contribution is 5.93. The third-order valence-electron chi connectivity index (χ3n) is 4.09. The summed E-state index contributed by atoms with van der Waals surface area (Å²) in [5.74, 6) is -3.81. The Bertz CT molecular complexity index is 734. The zero-order chi connectivity index (χ0) is 25.8. The van der Waals surface area contributed by atoms with Crippen LogP contribution in [0.3, 0.4) is 0 Å². The summed E-state index contributed by atoms with van der Waals surface area (Å²) in [5, 5.41) is 18.7.